The van der Waals surface area contributed by atoms with Gasteiger partial charge in [-0.15, -0.1) is 0 Å². The third-order valence-electron chi connectivity index (χ3n) is 3.42. The standard InChI is InChI=1S/C17H21NO/c1-4-18(5-2)16-10-6-14(7-11-16)15-8-12-17(19-3)13-9-15/h6-13H,4-5H2,1-3H3. The van der Waals surface area contributed by atoms with E-state index in [4.69, 9.17) is 4.74 Å². The Labute approximate surface area is 115 Å². The summed E-state index contributed by atoms with van der Waals surface area (Å²) >= 11 is 0. The van der Waals surface area contributed by atoms with Gasteiger partial charge in [-0.1, -0.05) is 24.3 Å². The zero-order valence-corrected chi connectivity index (χ0v) is 11.9. The zero-order valence-electron chi connectivity index (χ0n) is 11.9. The van der Waals surface area contributed by atoms with Crippen LogP contribution in [0.3, 0.4) is 0 Å². The largest absolute Gasteiger partial charge is 0.497 e. The van der Waals surface area contributed by atoms with Crippen molar-refractivity contribution in [2.45, 2.75) is 13.8 Å². The first-order valence-electron chi connectivity index (χ1n) is 6.78. The van der Waals surface area contributed by atoms with E-state index in [0.29, 0.717) is 0 Å². The summed E-state index contributed by atoms with van der Waals surface area (Å²) in [4.78, 5) is 2.35. The number of anilines is 1. The molecule has 2 nitrogen and oxygen atoms in total. The molecule has 0 aromatic heterocycles. The van der Waals surface area contributed by atoms with Crippen LogP contribution in [0.5, 0.6) is 5.75 Å². The molecule has 0 saturated heterocycles. The molecule has 0 atom stereocenters. The molecular weight excluding hydrogens is 234 g/mol. The highest BCUT2D eigenvalue weighted by atomic mass is 16.5. The molecule has 2 heteroatoms. The van der Waals surface area contributed by atoms with Gasteiger partial charge in [-0.3, -0.25) is 0 Å². The second kappa shape index (κ2) is 6.28. The number of ether oxygens (including phenoxy) is 1. The van der Waals surface area contributed by atoms with Crippen molar-refractivity contribution >= 4 is 5.69 Å². The molecule has 0 unspecified atom stereocenters. The van der Waals surface area contributed by atoms with Crippen LogP contribution in [-0.2, 0) is 0 Å². The summed E-state index contributed by atoms with van der Waals surface area (Å²) in [5.74, 6) is 0.892. The van der Waals surface area contributed by atoms with Crippen molar-refractivity contribution < 1.29 is 4.74 Å². The third-order valence-corrected chi connectivity index (χ3v) is 3.42. The van der Waals surface area contributed by atoms with Gasteiger partial charge < -0.3 is 9.64 Å². The Morgan fingerprint density at radius 2 is 1.26 bits per heavy atom. The number of methoxy groups -OCH3 is 1. The van der Waals surface area contributed by atoms with E-state index >= 15 is 0 Å². The molecule has 0 fully saturated rings. The molecule has 2 aromatic rings. The Balaban J connectivity index is 2.21. The van der Waals surface area contributed by atoms with Gasteiger partial charge in [0.2, 0.25) is 0 Å². The Bertz CT molecular complexity index is 498. The van der Waals surface area contributed by atoms with E-state index in [2.05, 4.69) is 55.1 Å². The lowest BCUT2D eigenvalue weighted by atomic mass is 10.1. The van der Waals surface area contributed by atoms with E-state index in [0.717, 1.165) is 18.8 Å². The molecule has 0 saturated carbocycles. The van der Waals surface area contributed by atoms with Gasteiger partial charge in [0.15, 0.2) is 0 Å². The van der Waals surface area contributed by atoms with Crippen molar-refractivity contribution in [1.82, 2.24) is 0 Å². The fourth-order valence-electron chi connectivity index (χ4n) is 2.24. The molecule has 0 bridgehead atoms. The lowest BCUT2D eigenvalue weighted by Gasteiger charge is -2.21. The van der Waals surface area contributed by atoms with Crippen LogP contribution in [0.25, 0.3) is 11.1 Å². The molecule has 100 valence electrons. The highest BCUT2D eigenvalue weighted by Crippen LogP contribution is 2.25. The Morgan fingerprint density at radius 3 is 1.68 bits per heavy atom. The average molecular weight is 255 g/mol. The van der Waals surface area contributed by atoms with Crippen LogP contribution < -0.4 is 9.64 Å². The molecule has 0 spiro atoms. The average Bonchev–Trinajstić information content (AvgIpc) is 2.49. The predicted molar refractivity (Wildman–Crippen MR) is 82.0 cm³/mol. The first-order chi connectivity index (χ1) is 9.28. The summed E-state index contributed by atoms with van der Waals surface area (Å²) in [6.45, 7) is 6.44. The zero-order chi connectivity index (χ0) is 13.7. The molecule has 0 amide bonds. The number of hydrogen-bond donors (Lipinski definition) is 0. The van der Waals surface area contributed by atoms with Gasteiger partial charge in [0.05, 0.1) is 7.11 Å². The van der Waals surface area contributed by atoms with Crippen molar-refractivity contribution in [3.05, 3.63) is 48.5 Å². The minimum atomic E-state index is 0.892. The Morgan fingerprint density at radius 1 is 0.789 bits per heavy atom. The topological polar surface area (TPSA) is 12.5 Å². The molecule has 0 aliphatic rings. The van der Waals surface area contributed by atoms with Gasteiger partial charge in [0.1, 0.15) is 5.75 Å². The summed E-state index contributed by atoms with van der Waals surface area (Å²) in [6, 6.07) is 16.9. The monoisotopic (exact) mass is 255 g/mol. The fourth-order valence-corrected chi connectivity index (χ4v) is 2.24. The first kappa shape index (κ1) is 13.5. The van der Waals surface area contributed by atoms with E-state index in [1.165, 1.54) is 16.8 Å². The minimum Gasteiger partial charge on any atom is -0.497 e. The van der Waals surface area contributed by atoms with E-state index in [1.807, 2.05) is 12.1 Å². The van der Waals surface area contributed by atoms with Crippen LogP contribution in [0.2, 0.25) is 0 Å². The van der Waals surface area contributed by atoms with Gasteiger partial charge >= 0.3 is 0 Å². The summed E-state index contributed by atoms with van der Waals surface area (Å²) in [5, 5.41) is 0. The Hall–Kier alpha value is -1.96. The van der Waals surface area contributed by atoms with Gasteiger partial charge in [0, 0.05) is 18.8 Å². The van der Waals surface area contributed by atoms with Crippen molar-refractivity contribution in [1.29, 1.82) is 0 Å². The summed E-state index contributed by atoms with van der Waals surface area (Å²) in [6.07, 6.45) is 0. The second-order valence-electron chi connectivity index (χ2n) is 4.45. The molecule has 0 heterocycles. The summed E-state index contributed by atoms with van der Waals surface area (Å²) in [7, 11) is 1.69. The van der Waals surface area contributed by atoms with E-state index < -0.39 is 0 Å². The molecule has 0 N–H and O–H groups in total. The highest BCUT2D eigenvalue weighted by Gasteiger charge is 2.02. The van der Waals surface area contributed by atoms with Crippen molar-refractivity contribution in [3.8, 4) is 16.9 Å². The van der Waals surface area contributed by atoms with Gasteiger partial charge in [-0.2, -0.15) is 0 Å². The van der Waals surface area contributed by atoms with Crippen LogP contribution in [0.4, 0.5) is 5.69 Å². The number of rotatable bonds is 5. The van der Waals surface area contributed by atoms with E-state index in [9.17, 15) is 0 Å². The van der Waals surface area contributed by atoms with Crippen LogP contribution in [-0.4, -0.2) is 20.2 Å². The van der Waals surface area contributed by atoms with Crippen molar-refractivity contribution in [2.75, 3.05) is 25.1 Å². The number of benzene rings is 2. The van der Waals surface area contributed by atoms with Crippen LogP contribution in [0.15, 0.2) is 48.5 Å². The number of hydrogen-bond acceptors (Lipinski definition) is 2. The maximum atomic E-state index is 5.18. The molecule has 2 aromatic carbocycles. The SMILES string of the molecule is CCN(CC)c1ccc(-c2ccc(OC)cc2)cc1. The van der Waals surface area contributed by atoms with Gasteiger partial charge in [0.25, 0.3) is 0 Å². The minimum absolute atomic E-state index is 0.892. The summed E-state index contributed by atoms with van der Waals surface area (Å²) in [5.41, 5.74) is 3.73. The molecule has 19 heavy (non-hydrogen) atoms. The number of nitrogens with zero attached hydrogens (tertiary/aromatic N) is 1. The quantitative estimate of drug-likeness (QED) is 0.793. The smallest absolute Gasteiger partial charge is 0.118 e. The van der Waals surface area contributed by atoms with Crippen molar-refractivity contribution in [2.24, 2.45) is 0 Å². The molecule has 2 rings (SSSR count). The lowest BCUT2D eigenvalue weighted by Crippen LogP contribution is -2.21. The van der Waals surface area contributed by atoms with Gasteiger partial charge in [-0.25, -0.2) is 0 Å². The predicted octanol–water partition coefficient (Wildman–Crippen LogP) is 4.21. The third kappa shape index (κ3) is 3.08. The Kier molecular flexibility index (Phi) is 4.45. The van der Waals surface area contributed by atoms with Crippen LogP contribution >= 0.6 is 0 Å². The van der Waals surface area contributed by atoms with E-state index in [1.54, 1.807) is 7.11 Å². The molecule has 0 radical (unpaired) electrons. The van der Waals surface area contributed by atoms with Crippen LogP contribution in [0.1, 0.15) is 13.8 Å². The second-order valence-corrected chi connectivity index (χ2v) is 4.45. The fraction of sp³-hybridized carbons (Fsp3) is 0.294. The molecule has 0 aliphatic heterocycles. The van der Waals surface area contributed by atoms with E-state index in [-0.39, 0.29) is 0 Å². The van der Waals surface area contributed by atoms with Crippen molar-refractivity contribution in [3.63, 3.8) is 0 Å². The maximum absolute atomic E-state index is 5.18. The van der Waals surface area contributed by atoms with Crippen LogP contribution in [0, 0.1) is 0 Å². The molecular formula is C17H21NO. The molecule has 0 aliphatic carbocycles. The first-order valence-corrected chi connectivity index (χ1v) is 6.78. The van der Waals surface area contributed by atoms with Gasteiger partial charge in [-0.05, 0) is 49.2 Å². The maximum Gasteiger partial charge on any atom is 0.118 e. The summed E-state index contributed by atoms with van der Waals surface area (Å²) < 4.78 is 5.18. The normalized spacial score (nSPS) is 10.3. The highest BCUT2D eigenvalue weighted by molar-refractivity contribution is 5.67. The lowest BCUT2D eigenvalue weighted by molar-refractivity contribution is 0.415.